The second-order valence-corrected chi connectivity index (χ2v) is 6.65. The Morgan fingerprint density at radius 2 is 2.18 bits per heavy atom. The molecule has 6 heteroatoms. The molecule has 0 radical (unpaired) electrons. The van der Waals surface area contributed by atoms with Crippen LogP contribution in [0.15, 0.2) is 22.8 Å². The van der Waals surface area contributed by atoms with E-state index in [4.69, 9.17) is 4.42 Å². The molecule has 1 N–H and O–H groups in total. The molecule has 17 heavy (non-hydrogen) atoms. The number of furan rings is 1. The lowest BCUT2D eigenvalue weighted by atomic mass is 10.2. The average molecular weight is 258 g/mol. The molecule has 0 amide bonds. The molecule has 1 aromatic heterocycles. The van der Waals surface area contributed by atoms with Crippen molar-refractivity contribution in [3.8, 4) is 0 Å². The third kappa shape index (κ3) is 2.88. The molecule has 0 spiro atoms. The van der Waals surface area contributed by atoms with Gasteiger partial charge in [0.2, 0.25) is 10.0 Å². The Labute approximate surface area is 102 Å². The topological polar surface area (TPSA) is 62.6 Å². The molecule has 1 saturated heterocycles. The van der Waals surface area contributed by atoms with Gasteiger partial charge in [-0.1, -0.05) is 0 Å². The molecule has 96 valence electrons. The van der Waals surface area contributed by atoms with E-state index in [0.29, 0.717) is 25.1 Å². The van der Waals surface area contributed by atoms with Crippen LogP contribution < -0.4 is 5.32 Å². The zero-order valence-corrected chi connectivity index (χ0v) is 10.7. The molecule has 2 rings (SSSR count). The summed E-state index contributed by atoms with van der Waals surface area (Å²) in [6.45, 7) is 1.86. The molecule has 1 aliphatic rings. The standard InChI is InChI=1S/C11H18N2O3S/c1-13(9-10-3-2-8-16-10)17(14,15)11-4-6-12-7-5-11/h2-3,8,11-12H,4-7,9H2,1H3. The Bertz CT molecular complexity index is 435. The minimum Gasteiger partial charge on any atom is -0.468 e. The quantitative estimate of drug-likeness (QED) is 0.867. The summed E-state index contributed by atoms with van der Waals surface area (Å²) in [5.41, 5.74) is 0. The maximum Gasteiger partial charge on any atom is 0.217 e. The van der Waals surface area contributed by atoms with Gasteiger partial charge in [0, 0.05) is 7.05 Å². The highest BCUT2D eigenvalue weighted by Gasteiger charge is 2.31. The molecule has 2 heterocycles. The fraction of sp³-hybridized carbons (Fsp3) is 0.636. The Balaban J connectivity index is 2.03. The molecule has 1 aromatic rings. The maximum absolute atomic E-state index is 12.3. The largest absolute Gasteiger partial charge is 0.468 e. The molecular weight excluding hydrogens is 240 g/mol. The van der Waals surface area contributed by atoms with Crippen LogP contribution in [0, 0.1) is 0 Å². The molecule has 0 bridgehead atoms. The highest BCUT2D eigenvalue weighted by atomic mass is 32.2. The summed E-state index contributed by atoms with van der Waals surface area (Å²) in [5.74, 6) is 0.671. The van der Waals surface area contributed by atoms with E-state index in [1.54, 1.807) is 25.4 Å². The van der Waals surface area contributed by atoms with Crippen LogP contribution in [0.3, 0.4) is 0 Å². The Morgan fingerprint density at radius 1 is 1.47 bits per heavy atom. The van der Waals surface area contributed by atoms with Crippen LogP contribution in [0.25, 0.3) is 0 Å². The summed E-state index contributed by atoms with van der Waals surface area (Å²) in [7, 11) is -1.59. The first-order valence-corrected chi connectivity index (χ1v) is 7.29. The van der Waals surface area contributed by atoms with Crippen molar-refractivity contribution in [3.05, 3.63) is 24.2 Å². The van der Waals surface area contributed by atoms with Crippen molar-refractivity contribution in [3.63, 3.8) is 0 Å². The number of hydrogen-bond acceptors (Lipinski definition) is 4. The number of sulfonamides is 1. The molecule has 0 aliphatic carbocycles. The highest BCUT2D eigenvalue weighted by Crippen LogP contribution is 2.18. The van der Waals surface area contributed by atoms with Crippen LogP contribution in [0.1, 0.15) is 18.6 Å². The van der Waals surface area contributed by atoms with Crippen molar-refractivity contribution in [2.45, 2.75) is 24.6 Å². The second kappa shape index (κ2) is 5.20. The number of piperidine rings is 1. The molecule has 0 saturated carbocycles. The van der Waals surface area contributed by atoms with Crippen LogP contribution >= 0.6 is 0 Å². The van der Waals surface area contributed by atoms with E-state index in [2.05, 4.69) is 5.32 Å². The van der Waals surface area contributed by atoms with Gasteiger partial charge in [0.15, 0.2) is 0 Å². The number of rotatable bonds is 4. The molecule has 0 unspecified atom stereocenters. The van der Waals surface area contributed by atoms with E-state index in [1.807, 2.05) is 0 Å². The van der Waals surface area contributed by atoms with E-state index < -0.39 is 10.0 Å². The number of nitrogens with one attached hydrogen (secondary N) is 1. The van der Waals surface area contributed by atoms with Gasteiger partial charge < -0.3 is 9.73 Å². The third-order valence-electron chi connectivity index (χ3n) is 3.10. The van der Waals surface area contributed by atoms with Gasteiger partial charge in [-0.05, 0) is 38.1 Å². The summed E-state index contributed by atoms with van der Waals surface area (Å²) < 4.78 is 31.1. The van der Waals surface area contributed by atoms with Gasteiger partial charge in [0.25, 0.3) is 0 Å². The second-order valence-electron chi connectivity index (χ2n) is 4.33. The molecule has 5 nitrogen and oxygen atoms in total. The van der Waals surface area contributed by atoms with Gasteiger partial charge >= 0.3 is 0 Å². The first-order chi connectivity index (χ1) is 8.10. The zero-order valence-electron chi connectivity index (χ0n) is 9.93. The summed E-state index contributed by atoms with van der Waals surface area (Å²) >= 11 is 0. The van der Waals surface area contributed by atoms with E-state index in [-0.39, 0.29) is 5.25 Å². The number of hydrogen-bond donors (Lipinski definition) is 1. The van der Waals surface area contributed by atoms with Crippen LogP contribution in [-0.2, 0) is 16.6 Å². The molecule has 1 aliphatic heterocycles. The van der Waals surface area contributed by atoms with E-state index in [1.165, 1.54) is 4.31 Å². The van der Waals surface area contributed by atoms with Crippen LogP contribution in [-0.4, -0.2) is 38.1 Å². The summed E-state index contributed by atoms with van der Waals surface area (Å²) in [6, 6.07) is 3.55. The monoisotopic (exact) mass is 258 g/mol. The predicted molar refractivity (Wildman–Crippen MR) is 65.0 cm³/mol. The van der Waals surface area contributed by atoms with Gasteiger partial charge in [-0.15, -0.1) is 0 Å². The molecule has 1 fully saturated rings. The lowest BCUT2D eigenvalue weighted by Crippen LogP contribution is -2.42. The minimum absolute atomic E-state index is 0.260. The fourth-order valence-electron chi connectivity index (χ4n) is 2.06. The Morgan fingerprint density at radius 3 is 2.76 bits per heavy atom. The van der Waals surface area contributed by atoms with Gasteiger partial charge in [0.05, 0.1) is 18.1 Å². The summed E-state index contributed by atoms with van der Waals surface area (Å²) in [5, 5.41) is 2.91. The van der Waals surface area contributed by atoms with Crippen molar-refractivity contribution in [1.82, 2.24) is 9.62 Å². The summed E-state index contributed by atoms with van der Waals surface area (Å²) in [4.78, 5) is 0. The SMILES string of the molecule is CN(Cc1ccco1)S(=O)(=O)C1CCNCC1. The van der Waals surface area contributed by atoms with Gasteiger partial charge in [0.1, 0.15) is 5.76 Å². The van der Waals surface area contributed by atoms with E-state index in [9.17, 15) is 8.42 Å². The van der Waals surface area contributed by atoms with E-state index in [0.717, 1.165) is 13.1 Å². The molecule has 0 atom stereocenters. The first kappa shape index (κ1) is 12.6. The molecule has 0 aromatic carbocycles. The Kier molecular flexibility index (Phi) is 3.86. The van der Waals surface area contributed by atoms with Gasteiger partial charge in [-0.3, -0.25) is 0 Å². The fourth-order valence-corrected chi connectivity index (χ4v) is 3.71. The van der Waals surface area contributed by atoms with Crippen molar-refractivity contribution < 1.29 is 12.8 Å². The highest BCUT2D eigenvalue weighted by molar-refractivity contribution is 7.89. The van der Waals surface area contributed by atoms with Crippen LogP contribution in [0.2, 0.25) is 0 Å². The third-order valence-corrected chi connectivity index (χ3v) is 5.41. The van der Waals surface area contributed by atoms with Crippen molar-refractivity contribution in [1.29, 1.82) is 0 Å². The number of nitrogens with zero attached hydrogens (tertiary/aromatic N) is 1. The zero-order chi connectivity index (χ0) is 12.3. The van der Waals surface area contributed by atoms with E-state index >= 15 is 0 Å². The van der Waals surface area contributed by atoms with Gasteiger partial charge in [-0.2, -0.15) is 4.31 Å². The van der Waals surface area contributed by atoms with Crippen LogP contribution in [0.4, 0.5) is 0 Å². The normalized spacial score (nSPS) is 18.7. The van der Waals surface area contributed by atoms with Crippen molar-refractivity contribution in [2.75, 3.05) is 20.1 Å². The summed E-state index contributed by atoms with van der Waals surface area (Å²) in [6.07, 6.45) is 2.93. The molecular formula is C11H18N2O3S. The van der Waals surface area contributed by atoms with Gasteiger partial charge in [-0.25, -0.2) is 8.42 Å². The Hall–Kier alpha value is -0.850. The average Bonchev–Trinajstić information content (AvgIpc) is 2.83. The lowest BCUT2D eigenvalue weighted by Gasteiger charge is -2.27. The van der Waals surface area contributed by atoms with Crippen molar-refractivity contribution in [2.24, 2.45) is 0 Å². The maximum atomic E-state index is 12.3. The van der Waals surface area contributed by atoms with Crippen molar-refractivity contribution >= 4 is 10.0 Å². The lowest BCUT2D eigenvalue weighted by molar-refractivity contribution is 0.390. The first-order valence-electron chi connectivity index (χ1n) is 5.79. The smallest absolute Gasteiger partial charge is 0.217 e. The minimum atomic E-state index is -3.20. The predicted octanol–water partition coefficient (Wildman–Crippen LogP) is 0.793. The van der Waals surface area contributed by atoms with Crippen LogP contribution in [0.5, 0.6) is 0 Å².